The number of esters is 1. The Balaban J connectivity index is 4.30. The molecule has 7 heteroatoms. The van der Waals surface area contributed by atoms with Crippen LogP contribution in [-0.2, 0) is 23.6 Å². The second-order valence-corrected chi connectivity index (χ2v) is 3.00. The van der Waals surface area contributed by atoms with Gasteiger partial charge in [0.15, 0.2) is 0 Å². The third kappa shape index (κ3) is 6.01. The molecule has 0 aromatic rings. The summed E-state index contributed by atoms with van der Waals surface area (Å²) in [6.45, 7) is 1.77. The van der Waals surface area contributed by atoms with Crippen LogP contribution in [0, 0.1) is 0 Å². The van der Waals surface area contributed by atoms with Crippen LogP contribution in [0.25, 0.3) is 0 Å². The van der Waals surface area contributed by atoms with Crippen LogP contribution in [0.5, 0.6) is 0 Å². The number of ether oxygens (including phenoxy) is 1. The molecule has 0 aromatic heterocycles. The van der Waals surface area contributed by atoms with Crippen molar-refractivity contribution in [2.75, 3.05) is 0 Å². The number of carboxylic acid groups (broad SMARTS) is 1. The average Bonchev–Trinajstić information content (AvgIpc) is 2.15. The lowest BCUT2D eigenvalue weighted by atomic mass is 10.2. The summed E-state index contributed by atoms with van der Waals surface area (Å²) in [6, 6.07) is 0. The van der Waals surface area contributed by atoms with Crippen LogP contribution < -0.4 is 0 Å². The van der Waals surface area contributed by atoms with Crippen molar-refractivity contribution >= 4 is 27.4 Å². The van der Waals surface area contributed by atoms with E-state index in [4.69, 9.17) is 5.11 Å². The molecule has 0 aromatic carbocycles. The summed E-state index contributed by atoms with van der Waals surface area (Å²) < 4.78 is 8.88. The predicted molar refractivity (Wildman–Crippen MR) is 52.8 cm³/mol. The largest absolute Gasteiger partial charge is 0.481 e. The molecule has 6 nitrogen and oxygen atoms in total. The summed E-state index contributed by atoms with van der Waals surface area (Å²) in [5.74, 6) is -2.74. The lowest BCUT2D eigenvalue weighted by Gasteiger charge is -2.12. The Bertz CT molecular complexity index is 252. The molecular weight excluding hydrogens is 223 g/mol. The van der Waals surface area contributed by atoms with Crippen LogP contribution in [0.4, 0.5) is 0 Å². The minimum absolute atomic E-state index is 0.139. The number of hydrogen-bond acceptors (Lipinski definition) is 5. The minimum Gasteiger partial charge on any atom is -0.481 e. The van der Waals surface area contributed by atoms with Gasteiger partial charge in [0, 0.05) is 6.42 Å². The van der Waals surface area contributed by atoms with Gasteiger partial charge in [0.05, 0.1) is 15.9 Å². The van der Waals surface area contributed by atoms with E-state index in [1.807, 2.05) is 0 Å². The van der Waals surface area contributed by atoms with Crippen molar-refractivity contribution in [2.24, 2.45) is 0 Å². The van der Waals surface area contributed by atoms with E-state index in [1.165, 1.54) is 0 Å². The first-order chi connectivity index (χ1) is 7.01. The second kappa shape index (κ2) is 7.17. The summed E-state index contributed by atoms with van der Waals surface area (Å²) in [6.07, 6.45) is -1.27. The van der Waals surface area contributed by atoms with Crippen molar-refractivity contribution in [1.82, 2.24) is 0 Å². The third-order valence-corrected chi connectivity index (χ3v) is 1.70. The molecule has 0 aliphatic rings. The first-order valence-electron chi connectivity index (χ1n) is 4.33. The first kappa shape index (κ1) is 13.8. The highest BCUT2D eigenvalue weighted by atomic mass is 31.0. The highest BCUT2D eigenvalue weighted by molar-refractivity contribution is 7.10. The van der Waals surface area contributed by atoms with Crippen molar-refractivity contribution in [1.29, 1.82) is 0 Å². The lowest BCUT2D eigenvalue weighted by Crippen LogP contribution is -2.29. The number of aliphatic carboxylic acids is 1. The van der Waals surface area contributed by atoms with E-state index in [1.54, 1.807) is 16.4 Å². The van der Waals surface area contributed by atoms with Crippen LogP contribution in [-0.4, -0.2) is 29.1 Å². The fraction of sp³-hybridized carbons (Fsp3) is 0.625. The SMILES string of the molecule is CCCC(=O)O[C@H](CC(=O)O)C(=O)OP. The van der Waals surface area contributed by atoms with E-state index >= 15 is 0 Å². The molecule has 86 valence electrons. The molecule has 1 N–H and O–H groups in total. The van der Waals surface area contributed by atoms with E-state index in [2.05, 4.69) is 9.26 Å². The Morgan fingerprint density at radius 2 is 2.00 bits per heavy atom. The van der Waals surface area contributed by atoms with E-state index < -0.39 is 30.4 Å². The quantitative estimate of drug-likeness (QED) is 0.533. The minimum atomic E-state index is -1.38. The monoisotopic (exact) mass is 236 g/mol. The van der Waals surface area contributed by atoms with Crippen LogP contribution in [0.15, 0.2) is 0 Å². The molecule has 0 amide bonds. The van der Waals surface area contributed by atoms with Gasteiger partial charge in [-0.2, -0.15) is 0 Å². The van der Waals surface area contributed by atoms with Gasteiger partial charge in [0.2, 0.25) is 6.10 Å². The van der Waals surface area contributed by atoms with Crippen molar-refractivity contribution in [3.8, 4) is 0 Å². The first-order valence-corrected chi connectivity index (χ1v) is 4.80. The van der Waals surface area contributed by atoms with Crippen molar-refractivity contribution in [2.45, 2.75) is 32.3 Å². The Labute approximate surface area is 89.2 Å². The molecule has 0 bridgehead atoms. The Morgan fingerprint density at radius 3 is 2.40 bits per heavy atom. The van der Waals surface area contributed by atoms with Crippen LogP contribution in [0.2, 0.25) is 0 Å². The summed E-state index contributed by atoms with van der Waals surface area (Å²) in [5, 5.41) is 8.47. The Kier molecular flexibility index (Phi) is 6.62. The molecule has 0 heterocycles. The molecule has 0 aliphatic heterocycles. The number of carbonyl (C=O) groups excluding carboxylic acids is 2. The highest BCUT2D eigenvalue weighted by Gasteiger charge is 2.26. The predicted octanol–water partition coefficient (Wildman–Crippen LogP) is 0.506. The standard InChI is InChI=1S/C8H13O6P/c1-2-3-7(11)13-5(4-6(9)10)8(12)14-15/h5H,2-4,15H2,1H3,(H,9,10)/t5-/m1/s1. The molecule has 0 aliphatic carbocycles. The average molecular weight is 236 g/mol. The zero-order valence-corrected chi connectivity index (χ0v) is 9.42. The van der Waals surface area contributed by atoms with Gasteiger partial charge in [-0.3, -0.25) is 9.59 Å². The third-order valence-electron chi connectivity index (χ3n) is 1.47. The van der Waals surface area contributed by atoms with Gasteiger partial charge in [-0.05, 0) is 6.42 Å². The lowest BCUT2D eigenvalue weighted by molar-refractivity contribution is -0.165. The normalized spacial score (nSPS) is 11.6. The number of rotatable bonds is 6. The molecule has 0 rings (SSSR count). The van der Waals surface area contributed by atoms with Gasteiger partial charge >= 0.3 is 17.9 Å². The number of carboxylic acids is 1. The van der Waals surface area contributed by atoms with Gasteiger partial charge in [-0.25, -0.2) is 4.79 Å². The van der Waals surface area contributed by atoms with Gasteiger partial charge in [-0.15, -0.1) is 0 Å². The van der Waals surface area contributed by atoms with Gasteiger partial charge in [0.1, 0.15) is 0 Å². The fourth-order valence-electron chi connectivity index (χ4n) is 0.829. The maximum atomic E-state index is 11.0. The molecular formula is C8H13O6P. The number of carbonyl (C=O) groups is 3. The molecule has 15 heavy (non-hydrogen) atoms. The maximum Gasteiger partial charge on any atom is 0.350 e. The molecule has 1 unspecified atom stereocenters. The number of hydrogen-bond donors (Lipinski definition) is 1. The Hall–Kier alpha value is -1.16. The molecule has 0 fully saturated rings. The summed E-state index contributed by atoms with van der Waals surface area (Å²) in [7, 11) is 1.68. The zero-order valence-electron chi connectivity index (χ0n) is 8.26. The summed E-state index contributed by atoms with van der Waals surface area (Å²) in [4.78, 5) is 32.4. The molecule has 0 saturated heterocycles. The van der Waals surface area contributed by atoms with E-state index in [9.17, 15) is 14.4 Å². The summed E-state index contributed by atoms with van der Waals surface area (Å²) in [5.41, 5.74) is 0. The van der Waals surface area contributed by atoms with Gasteiger partial charge < -0.3 is 14.4 Å². The molecule has 0 saturated carbocycles. The van der Waals surface area contributed by atoms with E-state index in [-0.39, 0.29) is 6.42 Å². The topological polar surface area (TPSA) is 89.9 Å². The molecule has 0 spiro atoms. The summed E-state index contributed by atoms with van der Waals surface area (Å²) >= 11 is 0. The second-order valence-electron chi connectivity index (χ2n) is 2.76. The van der Waals surface area contributed by atoms with Crippen LogP contribution in [0.3, 0.4) is 0 Å². The maximum absolute atomic E-state index is 11.0. The smallest absolute Gasteiger partial charge is 0.350 e. The molecule has 0 radical (unpaired) electrons. The van der Waals surface area contributed by atoms with Crippen molar-refractivity contribution < 1.29 is 28.8 Å². The van der Waals surface area contributed by atoms with Crippen molar-refractivity contribution in [3.63, 3.8) is 0 Å². The van der Waals surface area contributed by atoms with E-state index in [0.29, 0.717) is 6.42 Å². The fourth-order valence-corrected chi connectivity index (χ4v) is 0.981. The van der Waals surface area contributed by atoms with Crippen molar-refractivity contribution in [3.05, 3.63) is 0 Å². The van der Waals surface area contributed by atoms with Gasteiger partial charge in [-0.1, -0.05) is 6.92 Å². The van der Waals surface area contributed by atoms with Crippen LogP contribution in [0.1, 0.15) is 26.2 Å². The molecule has 2 atom stereocenters. The van der Waals surface area contributed by atoms with E-state index in [0.717, 1.165) is 0 Å². The Morgan fingerprint density at radius 1 is 1.40 bits per heavy atom. The zero-order chi connectivity index (χ0) is 11.8. The van der Waals surface area contributed by atoms with Crippen LogP contribution >= 0.6 is 9.47 Å². The van der Waals surface area contributed by atoms with Gasteiger partial charge in [0.25, 0.3) is 0 Å². The highest BCUT2D eigenvalue weighted by Crippen LogP contribution is 2.06.